The van der Waals surface area contributed by atoms with Crippen LogP contribution in [-0.2, 0) is 4.74 Å². The third kappa shape index (κ3) is 10.8. The third-order valence-electron chi connectivity index (χ3n) is 0.408. The molecule has 0 aromatic carbocycles. The maximum absolute atomic E-state index is 8.33. The monoisotopic (exact) mass is 116 g/mol. The third-order valence-corrected chi connectivity index (χ3v) is 0.408. The van der Waals surface area contributed by atoms with Crippen LogP contribution in [0.25, 0.3) is 0 Å². The molecule has 3 heteroatoms. The van der Waals surface area contributed by atoms with E-state index in [-0.39, 0.29) is 25.9 Å². The van der Waals surface area contributed by atoms with Crippen LogP contribution >= 0.6 is 0 Å². The van der Waals surface area contributed by atoms with E-state index in [9.17, 15) is 0 Å². The summed E-state index contributed by atoms with van der Waals surface area (Å²) < 4.78 is 4.60. The maximum Gasteiger partial charge on any atom is 2.00 e. The smallest absolute Gasteiger partial charge is 1.00 e. The SMILES string of the molecule is CCOC(C)O.[H-].[H-].[Mg+2]. The largest absolute Gasteiger partial charge is 2.00 e. The Balaban J connectivity index is -0.0000000417. The van der Waals surface area contributed by atoms with Crippen molar-refractivity contribution in [1.82, 2.24) is 0 Å². The molecular formula is C4H12MgO2. The predicted octanol–water partition coefficient (Wildman–Crippen LogP) is 0.205. The van der Waals surface area contributed by atoms with Crippen molar-refractivity contribution in [3.05, 3.63) is 0 Å². The molecule has 0 aliphatic heterocycles. The van der Waals surface area contributed by atoms with Gasteiger partial charge in [0.25, 0.3) is 0 Å². The second kappa shape index (κ2) is 6.69. The Kier molecular flexibility index (Phi) is 10.2. The van der Waals surface area contributed by atoms with Gasteiger partial charge >= 0.3 is 23.1 Å². The van der Waals surface area contributed by atoms with E-state index < -0.39 is 6.29 Å². The standard InChI is InChI=1S/C4H10O2.Mg.2H/c1-3-6-4(2)5;;;/h4-5H,3H2,1-2H3;;;/q;+2;2*-1. The number of rotatable bonds is 2. The van der Waals surface area contributed by atoms with Gasteiger partial charge in [0.1, 0.15) is 0 Å². The van der Waals surface area contributed by atoms with Crippen molar-refractivity contribution in [3.8, 4) is 0 Å². The summed E-state index contributed by atoms with van der Waals surface area (Å²) in [7, 11) is 0. The van der Waals surface area contributed by atoms with Gasteiger partial charge < -0.3 is 12.7 Å². The predicted molar refractivity (Wildman–Crippen MR) is 31.3 cm³/mol. The number of hydrogen-bond acceptors (Lipinski definition) is 2. The number of aliphatic hydroxyl groups is 1. The van der Waals surface area contributed by atoms with Crippen LogP contribution in [0.3, 0.4) is 0 Å². The topological polar surface area (TPSA) is 29.5 Å². The maximum atomic E-state index is 8.33. The molecule has 0 aliphatic rings. The van der Waals surface area contributed by atoms with E-state index in [4.69, 9.17) is 5.11 Å². The summed E-state index contributed by atoms with van der Waals surface area (Å²) in [5, 5.41) is 8.33. The average Bonchev–Trinajstić information content (AvgIpc) is 1.35. The molecule has 1 unspecified atom stereocenters. The molecule has 0 aromatic rings. The first-order valence-corrected chi connectivity index (χ1v) is 2.07. The van der Waals surface area contributed by atoms with Crippen molar-refractivity contribution in [2.45, 2.75) is 20.1 Å². The molecule has 0 radical (unpaired) electrons. The number of ether oxygens (including phenoxy) is 1. The summed E-state index contributed by atoms with van der Waals surface area (Å²) in [4.78, 5) is 0. The van der Waals surface area contributed by atoms with Crippen LogP contribution in [0.1, 0.15) is 16.7 Å². The van der Waals surface area contributed by atoms with Crippen molar-refractivity contribution < 1.29 is 12.7 Å². The second-order valence-electron chi connectivity index (χ2n) is 1.05. The minimum absolute atomic E-state index is 0. The molecule has 0 heterocycles. The Morgan fingerprint density at radius 2 is 2.29 bits per heavy atom. The molecule has 1 N–H and O–H groups in total. The first-order valence-electron chi connectivity index (χ1n) is 2.07. The molecule has 0 bridgehead atoms. The Labute approximate surface area is 63.0 Å². The van der Waals surface area contributed by atoms with Crippen LogP contribution in [0.5, 0.6) is 0 Å². The van der Waals surface area contributed by atoms with Gasteiger partial charge in [0.15, 0.2) is 6.29 Å². The van der Waals surface area contributed by atoms with Gasteiger partial charge in [-0.25, -0.2) is 0 Å². The fraction of sp³-hybridized carbons (Fsp3) is 1.00. The van der Waals surface area contributed by atoms with Gasteiger partial charge in [-0.1, -0.05) is 0 Å². The van der Waals surface area contributed by atoms with E-state index >= 15 is 0 Å². The normalized spacial score (nSPS) is 12.4. The molecule has 0 spiro atoms. The quantitative estimate of drug-likeness (QED) is 0.413. The zero-order valence-corrected chi connectivity index (χ0v) is 6.26. The Morgan fingerprint density at radius 3 is 2.29 bits per heavy atom. The van der Waals surface area contributed by atoms with Gasteiger partial charge in [-0.15, -0.1) is 0 Å². The summed E-state index contributed by atoms with van der Waals surface area (Å²) in [6.07, 6.45) is -0.602. The fourth-order valence-corrected chi connectivity index (χ4v) is 0.241. The van der Waals surface area contributed by atoms with Crippen LogP contribution in [0, 0.1) is 0 Å². The van der Waals surface area contributed by atoms with Gasteiger partial charge in [-0.3, -0.25) is 0 Å². The van der Waals surface area contributed by atoms with E-state index in [0.29, 0.717) is 6.61 Å². The summed E-state index contributed by atoms with van der Waals surface area (Å²) in [5.41, 5.74) is 0. The van der Waals surface area contributed by atoms with Crippen LogP contribution in [0.4, 0.5) is 0 Å². The van der Waals surface area contributed by atoms with Crippen molar-refractivity contribution in [2.24, 2.45) is 0 Å². The molecule has 0 aromatic heterocycles. The van der Waals surface area contributed by atoms with Crippen LogP contribution in [0.15, 0.2) is 0 Å². The minimum atomic E-state index is -0.602. The molecule has 0 saturated carbocycles. The van der Waals surface area contributed by atoms with E-state index in [2.05, 4.69) is 4.74 Å². The first kappa shape index (κ1) is 10.6. The summed E-state index contributed by atoms with van der Waals surface area (Å²) in [5.74, 6) is 0. The van der Waals surface area contributed by atoms with Gasteiger partial charge in [0.2, 0.25) is 0 Å². The Bertz CT molecular complexity index is 37.7. The van der Waals surface area contributed by atoms with Crippen molar-refractivity contribution in [3.63, 3.8) is 0 Å². The molecule has 0 amide bonds. The zero-order chi connectivity index (χ0) is 4.99. The van der Waals surface area contributed by atoms with E-state index in [0.717, 1.165) is 0 Å². The van der Waals surface area contributed by atoms with E-state index in [1.54, 1.807) is 6.92 Å². The minimum Gasteiger partial charge on any atom is -1.00 e. The van der Waals surface area contributed by atoms with Crippen molar-refractivity contribution in [1.29, 1.82) is 0 Å². The zero-order valence-electron chi connectivity index (χ0n) is 6.85. The van der Waals surface area contributed by atoms with E-state index in [1.807, 2.05) is 6.92 Å². The fourth-order valence-electron chi connectivity index (χ4n) is 0.241. The molecule has 0 saturated heterocycles. The molecule has 0 fully saturated rings. The molecule has 42 valence electrons. The Morgan fingerprint density at radius 1 is 1.86 bits per heavy atom. The van der Waals surface area contributed by atoms with Crippen LogP contribution in [-0.4, -0.2) is 41.1 Å². The summed E-state index contributed by atoms with van der Waals surface area (Å²) in [6, 6.07) is 0. The second-order valence-corrected chi connectivity index (χ2v) is 1.05. The first-order chi connectivity index (χ1) is 2.77. The van der Waals surface area contributed by atoms with Gasteiger partial charge in [0, 0.05) is 6.61 Å². The molecule has 0 aliphatic carbocycles. The van der Waals surface area contributed by atoms with Gasteiger partial charge in [-0.2, -0.15) is 0 Å². The van der Waals surface area contributed by atoms with Crippen LogP contribution in [0.2, 0.25) is 0 Å². The molecule has 7 heavy (non-hydrogen) atoms. The average molecular weight is 116 g/mol. The van der Waals surface area contributed by atoms with Crippen LogP contribution < -0.4 is 0 Å². The van der Waals surface area contributed by atoms with Crippen molar-refractivity contribution >= 4 is 23.1 Å². The molecule has 2 nitrogen and oxygen atoms in total. The summed E-state index contributed by atoms with van der Waals surface area (Å²) >= 11 is 0. The number of hydrogen-bond donors (Lipinski definition) is 1. The van der Waals surface area contributed by atoms with E-state index in [1.165, 1.54) is 0 Å². The van der Waals surface area contributed by atoms with Gasteiger partial charge in [-0.05, 0) is 13.8 Å². The van der Waals surface area contributed by atoms with Gasteiger partial charge in [0.05, 0.1) is 0 Å². The Hall–Kier alpha value is 0.686. The van der Waals surface area contributed by atoms with Crippen molar-refractivity contribution in [2.75, 3.05) is 6.61 Å². The number of aliphatic hydroxyl groups excluding tert-OH is 1. The molecular weight excluding hydrogens is 104 g/mol. The summed E-state index contributed by atoms with van der Waals surface area (Å²) in [6.45, 7) is 4.01. The molecule has 1 atom stereocenters. The molecule has 0 rings (SSSR count).